The molecule has 2 aromatic heterocycles. The van der Waals surface area contributed by atoms with Gasteiger partial charge in [0.05, 0.1) is 11.8 Å². The summed E-state index contributed by atoms with van der Waals surface area (Å²) >= 11 is 0. The van der Waals surface area contributed by atoms with Crippen LogP contribution in [-0.4, -0.2) is 15.0 Å². The molecule has 1 aliphatic rings. The van der Waals surface area contributed by atoms with Crippen LogP contribution in [0.25, 0.3) is 22.2 Å². The van der Waals surface area contributed by atoms with Crippen molar-refractivity contribution in [3.05, 3.63) is 48.5 Å². The summed E-state index contributed by atoms with van der Waals surface area (Å²) in [6.45, 7) is 0. The number of nitriles is 1. The van der Waals surface area contributed by atoms with Crippen LogP contribution in [-0.2, 0) is 5.41 Å². The van der Waals surface area contributed by atoms with E-state index in [0.717, 1.165) is 35.0 Å². The number of aromatic amines is 1. The van der Waals surface area contributed by atoms with Crippen molar-refractivity contribution < 1.29 is 0 Å². The van der Waals surface area contributed by atoms with Gasteiger partial charge >= 0.3 is 0 Å². The van der Waals surface area contributed by atoms with Gasteiger partial charge < -0.3 is 4.98 Å². The Labute approximate surface area is 116 Å². The van der Waals surface area contributed by atoms with E-state index in [1.165, 1.54) is 0 Å². The molecule has 4 nitrogen and oxygen atoms in total. The number of nitrogens with zero attached hydrogens (tertiary/aromatic N) is 3. The molecule has 0 aliphatic heterocycles. The molecule has 4 heteroatoms. The summed E-state index contributed by atoms with van der Waals surface area (Å²) < 4.78 is 0. The zero-order chi connectivity index (χ0) is 13.6. The van der Waals surface area contributed by atoms with Gasteiger partial charge in [0, 0.05) is 28.9 Å². The molecule has 4 rings (SSSR count). The first kappa shape index (κ1) is 11.2. The average Bonchev–Trinajstić information content (AvgIpc) is 3.20. The standard InChI is InChI=1S/C16H12N4/c17-10-16(6-7-16)15-18-8-5-14(20-15)12-9-19-13-4-2-1-3-11(12)13/h1-5,8-9,19H,6-7H2. The highest BCUT2D eigenvalue weighted by atomic mass is 14.9. The van der Waals surface area contributed by atoms with Crippen LogP contribution < -0.4 is 0 Å². The minimum atomic E-state index is -0.442. The van der Waals surface area contributed by atoms with Crippen molar-refractivity contribution in [1.29, 1.82) is 5.26 Å². The van der Waals surface area contributed by atoms with E-state index >= 15 is 0 Å². The summed E-state index contributed by atoms with van der Waals surface area (Å²) in [5.74, 6) is 0.655. The topological polar surface area (TPSA) is 65.4 Å². The van der Waals surface area contributed by atoms with Gasteiger partial charge in [0.25, 0.3) is 0 Å². The molecule has 2 heterocycles. The Kier molecular flexibility index (Phi) is 2.19. The Bertz CT molecular complexity index is 837. The summed E-state index contributed by atoms with van der Waals surface area (Å²) in [6, 6.07) is 12.4. The van der Waals surface area contributed by atoms with E-state index < -0.39 is 5.41 Å². The zero-order valence-electron chi connectivity index (χ0n) is 10.8. The van der Waals surface area contributed by atoms with Crippen LogP contribution in [0.5, 0.6) is 0 Å². The smallest absolute Gasteiger partial charge is 0.149 e. The minimum absolute atomic E-state index is 0.442. The second kappa shape index (κ2) is 3.91. The van der Waals surface area contributed by atoms with Crippen molar-refractivity contribution in [3.8, 4) is 17.3 Å². The third kappa shape index (κ3) is 1.53. The summed E-state index contributed by atoms with van der Waals surface area (Å²) in [5.41, 5.74) is 2.57. The number of rotatable bonds is 2. The predicted molar refractivity (Wildman–Crippen MR) is 75.8 cm³/mol. The summed E-state index contributed by atoms with van der Waals surface area (Å²) in [6.07, 6.45) is 5.43. The van der Waals surface area contributed by atoms with Crippen molar-refractivity contribution in [2.45, 2.75) is 18.3 Å². The molecule has 1 aliphatic carbocycles. The molecule has 1 fully saturated rings. The zero-order valence-corrected chi connectivity index (χ0v) is 10.8. The van der Waals surface area contributed by atoms with Gasteiger partial charge in [0.2, 0.25) is 0 Å². The second-order valence-electron chi connectivity index (χ2n) is 5.21. The summed E-state index contributed by atoms with van der Waals surface area (Å²) in [5, 5.41) is 10.4. The lowest BCUT2D eigenvalue weighted by atomic mass is 10.1. The van der Waals surface area contributed by atoms with Gasteiger partial charge in [-0.3, -0.25) is 0 Å². The van der Waals surface area contributed by atoms with Gasteiger partial charge in [-0.25, -0.2) is 9.97 Å². The number of nitrogens with one attached hydrogen (secondary N) is 1. The maximum atomic E-state index is 9.27. The maximum Gasteiger partial charge on any atom is 0.149 e. The van der Waals surface area contributed by atoms with Gasteiger partial charge in [-0.15, -0.1) is 0 Å². The lowest BCUT2D eigenvalue weighted by molar-refractivity contribution is 0.799. The Hall–Kier alpha value is -2.67. The second-order valence-corrected chi connectivity index (χ2v) is 5.21. The molecule has 0 amide bonds. The molecule has 1 saturated carbocycles. The van der Waals surface area contributed by atoms with Gasteiger partial charge in [-0.1, -0.05) is 18.2 Å². The highest BCUT2D eigenvalue weighted by molar-refractivity contribution is 5.94. The fourth-order valence-electron chi connectivity index (χ4n) is 2.53. The Morgan fingerprint density at radius 2 is 2.05 bits per heavy atom. The number of fused-ring (bicyclic) bond motifs is 1. The van der Waals surface area contributed by atoms with E-state index in [1.54, 1.807) is 6.20 Å². The molecule has 0 bridgehead atoms. The van der Waals surface area contributed by atoms with E-state index in [0.29, 0.717) is 5.82 Å². The molecule has 3 aromatic rings. The predicted octanol–water partition coefficient (Wildman–Crippen LogP) is 3.18. The number of benzene rings is 1. The molecule has 96 valence electrons. The quantitative estimate of drug-likeness (QED) is 0.769. The first-order chi connectivity index (χ1) is 9.82. The van der Waals surface area contributed by atoms with E-state index in [1.807, 2.05) is 30.5 Å². The first-order valence-corrected chi connectivity index (χ1v) is 6.64. The van der Waals surface area contributed by atoms with E-state index in [-0.39, 0.29) is 0 Å². The Morgan fingerprint density at radius 3 is 2.85 bits per heavy atom. The third-order valence-electron chi connectivity index (χ3n) is 3.91. The molecule has 0 spiro atoms. The molecule has 0 radical (unpaired) electrons. The largest absolute Gasteiger partial charge is 0.360 e. The average molecular weight is 260 g/mol. The van der Waals surface area contributed by atoms with Gasteiger partial charge in [-0.05, 0) is 25.0 Å². The van der Waals surface area contributed by atoms with Gasteiger partial charge in [0.1, 0.15) is 11.2 Å². The third-order valence-corrected chi connectivity index (χ3v) is 3.91. The molecular formula is C16H12N4. The lowest BCUT2D eigenvalue weighted by Gasteiger charge is -2.06. The highest BCUT2D eigenvalue weighted by Crippen LogP contribution is 2.46. The monoisotopic (exact) mass is 260 g/mol. The van der Waals surface area contributed by atoms with Gasteiger partial charge in [-0.2, -0.15) is 5.26 Å². The number of hydrogen-bond donors (Lipinski definition) is 1. The summed E-state index contributed by atoms with van der Waals surface area (Å²) in [7, 11) is 0. The van der Waals surface area contributed by atoms with Crippen LogP contribution in [0.4, 0.5) is 0 Å². The molecule has 0 atom stereocenters. The molecule has 1 aromatic carbocycles. The van der Waals surface area contributed by atoms with Crippen LogP contribution >= 0.6 is 0 Å². The van der Waals surface area contributed by atoms with Crippen molar-refractivity contribution >= 4 is 10.9 Å². The van der Waals surface area contributed by atoms with Gasteiger partial charge in [0.15, 0.2) is 0 Å². The fourth-order valence-corrected chi connectivity index (χ4v) is 2.53. The van der Waals surface area contributed by atoms with Crippen molar-refractivity contribution in [2.24, 2.45) is 0 Å². The SMILES string of the molecule is N#CC1(c2nccc(-c3c[nH]c4ccccc34)n2)CC1. The fraction of sp³-hybridized carbons (Fsp3) is 0.188. The van der Waals surface area contributed by atoms with Crippen LogP contribution in [0, 0.1) is 11.3 Å². The van der Waals surface area contributed by atoms with Crippen LogP contribution in [0.15, 0.2) is 42.7 Å². The maximum absolute atomic E-state index is 9.27. The van der Waals surface area contributed by atoms with Crippen LogP contribution in [0.3, 0.4) is 0 Å². The minimum Gasteiger partial charge on any atom is -0.360 e. The van der Waals surface area contributed by atoms with Crippen molar-refractivity contribution in [1.82, 2.24) is 15.0 Å². The highest BCUT2D eigenvalue weighted by Gasteiger charge is 2.47. The number of hydrogen-bond acceptors (Lipinski definition) is 3. The molecular weight excluding hydrogens is 248 g/mol. The number of H-pyrrole nitrogens is 1. The van der Waals surface area contributed by atoms with E-state index in [2.05, 4.69) is 27.1 Å². The Balaban J connectivity index is 1.87. The van der Waals surface area contributed by atoms with E-state index in [9.17, 15) is 5.26 Å². The molecule has 0 unspecified atom stereocenters. The Morgan fingerprint density at radius 1 is 1.20 bits per heavy atom. The van der Waals surface area contributed by atoms with Crippen LogP contribution in [0.1, 0.15) is 18.7 Å². The number of aromatic nitrogens is 3. The molecule has 1 N–H and O–H groups in total. The van der Waals surface area contributed by atoms with Crippen molar-refractivity contribution in [2.75, 3.05) is 0 Å². The summed E-state index contributed by atoms with van der Waals surface area (Å²) in [4.78, 5) is 12.2. The van der Waals surface area contributed by atoms with Crippen LogP contribution in [0.2, 0.25) is 0 Å². The normalized spacial score (nSPS) is 15.9. The molecule has 20 heavy (non-hydrogen) atoms. The van der Waals surface area contributed by atoms with Crippen molar-refractivity contribution in [3.63, 3.8) is 0 Å². The van der Waals surface area contributed by atoms with E-state index in [4.69, 9.17) is 0 Å². The number of para-hydroxylation sites is 1. The molecule has 0 saturated heterocycles. The first-order valence-electron chi connectivity index (χ1n) is 6.64. The lowest BCUT2D eigenvalue weighted by Crippen LogP contribution is -2.08.